The molecule has 220 valence electrons. The lowest BCUT2D eigenvalue weighted by Crippen LogP contribution is -2.53. The first-order valence-electron chi connectivity index (χ1n) is 12.1. The summed E-state index contributed by atoms with van der Waals surface area (Å²) in [6.45, 7) is 2.58. The molecule has 2 aromatic carbocycles. The molecular weight excluding hydrogens is 574 g/mol. The summed E-state index contributed by atoms with van der Waals surface area (Å²) in [6, 6.07) is 3.98. The van der Waals surface area contributed by atoms with E-state index in [2.05, 4.69) is 0 Å². The Morgan fingerprint density at radius 2 is 1.57 bits per heavy atom. The van der Waals surface area contributed by atoms with Crippen molar-refractivity contribution in [3.63, 3.8) is 0 Å². The molecule has 1 aliphatic carbocycles. The van der Waals surface area contributed by atoms with Crippen molar-refractivity contribution in [3.05, 3.63) is 65.0 Å². The lowest BCUT2D eigenvalue weighted by molar-refractivity contribution is -0.348. The number of alkyl halides is 7. The van der Waals surface area contributed by atoms with Crippen molar-refractivity contribution in [2.45, 2.75) is 78.8 Å². The number of aryl methyl sites for hydroxylation is 1. The van der Waals surface area contributed by atoms with Crippen LogP contribution >= 0.6 is 0 Å². The quantitative estimate of drug-likeness (QED) is 0.365. The fourth-order valence-electron chi connectivity index (χ4n) is 5.82. The Balaban J connectivity index is 1.94. The predicted octanol–water partition coefficient (Wildman–Crippen LogP) is 5.49. The summed E-state index contributed by atoms with van der Waals surface area (Å²) < 4.78 is 135. The monoisotopic (exact) mass is 599 g/mol. The zero-order chi connectivity index (χ0) is 30.1. The molecule has 14 heteroatoms. The van der Waals surface area contributed by atoms with Crippen LogP contribution < -0.4 is 0 Å². The van der Waals surface area contributed by atoms with Crippen LogP contribution in [0.1, 0.15) is 49.8 Å². The number of nitrogens with zero attached hydrogens (tertiary/aromatic N) is 1. The third-order valence-corrected chi connectivity index (χ3v) is 10.1. The Morgan fingerprint density at radius 1 is 1.00 bits per heavy atom. The van der Waals surface area contributed by atoms with Gasteiger partial charge < -0.3 is 10.0 Å². The number of hydrogen-bond acceptors (Lipinski definition) is 4. The Hall–Kier alpha value is -2.74. The van der Waals surface area contributed by atoms with Gasteiger partial charge in [-0.15, -0.1) is 0 Å². The Bertz CT molecular complexity index is 1400. The second kappa shape index (κ2) is 9.40. The van der Waals surface area contributed by atoms with E-state index in [9.17, 15) is 53.4 Å². The van der Waals surface area contributed by atoms with Crippen LogP contribution in [0.4, 0.5) is 35.1 Å². The van der Waals surface area contributed by atoms with E-state index in [-0.39, 0.29) is 54.3 Å². The molecule has 1 heterocycles. The Kier molecular flexibility index (Phi) is 7.10. The van der Waals surface area contributed by atoms with Crippen LogP contribution in [-0.4, -0.2) is 54.9 Å². The molecule has 1 fully saturated rings. The number of benzene rings is 2. The first-order valence-corrected chi connectivity index (χ1v) is 13.6. The maximum absolute atomic E-state index is 14.9. The fourth-order valence-corrected chi connectivity index (χ4v) is 8.19. The SMILES string of the molecule is CC(C)(O)CC(=O)N1CC[C@@]2(S(=O)(=O)c3ccc(F)cc3)c3ccc(C(F)(C(F)(F)F)C(F)(F)F)cc3CC[C@@H]12. The topological polar surface area (TPSA) is 74.7 Å². The van der Waals surface area contributed by atoms with E-state index in [1.807, 2.05) is 0 Å². The molecule has 0 bridgehead atoms. The number of carbonyl (C=O) groups is 1. The van der Waals surface area contributed by atoms with Gasteiger partial charge in [0.25, 0.3) is 0 Å². The van der Waals surface area contributed by atoms with Crippen molar-refractivity contribution < 1.29 is 53.4 Å². The van der Waals surface area contributed by atoms with Crippen LogP contribution in [-0.2, 0) is 31.5 Å². The van der Waals surface area contributed by atoms with Crippen LogP contribution in [0.15, 0.2) is 47.4 Å². The van der Waals surface area contributed by atoms with E-state index >= 15 is 0 Å². The number of fused-ring (bicyclic) bond motifs is 3. The molecule has 1 amide bonds. The van der Waals surface area contributed by atoms with Gasteiger partial charge in [0.05, 0.1) is 23.0 Å². The maximum Gasteiger partial charge on any atom is 0.435 e. The van der Waals surface area contributed by atoms with E-state index in [4.69, 9.17) is 0 Å². The van der Waals surface area contributed by atoms with Crippen LogP contribution in [0.3, 0.4) is 0 Å². The Morgan fingerprint density at radius 3 is 2.10 bits per heavy atom. The second-order valence-corrected chi connectivity index (χ2v) is 13.0. The van der Waals surface area contributed by atoms with Crippen LogP contribution in [0.5, 0.6) is 0 Å². The van der Waals surface area contributed by atoms with E-state index in [0.29, 0.717) is 6.07 Å². The molecule has 2 atom stereocenters. The first-order chi connectivity index (χ1) is 18.2. The number of sulfone groups is 1. The fraction of sp³-hybridized carbons (Fsp3) is 0.500. The van der Waals surface area contributed by atoms with Crippen LogP contribution in [0, 0.1) is 5.82 Å². The third kappa shape index (κ3) is 4.56. The lowest BCUT2D eigenvalue weighted by Gasteiger charge is -2.43. The van der Waals surface area contributed by atoms with Gasteiger partial charge in [-0.05, 0) is 68.5 Å². The van der Waals surface area contributed by atoms with Crippen molar-refractivity contribution in [1.82, 2.24) is 4.90 Å². The standard InChI is InChI=1S/C26H25F8NO4S/c1-22(2,37)14-21(36)35-12-11-23(40(38,39)18-7-5-17(27)6-8-18)19-9-4-16(13-15(19)3-10-20(23)35)24(28,25(29,30)31)26(32,33)34/h4-9,13,20,37H,3,10-12,14H2,1-2H3/t20-,23-/m1/s1. The highest BCUT2D eigenvalue weighted by molar-refractivity contribution is 7.92. The molecule has 0 spiro atoms. The average Bonchev–Trinajstić information content (AvgIpc) is 3.23. The zero-order valence-electron chi connectivity index (χ0n) is 21.2. The smallest absolute Gasteiger partial charge is 0.390 e. The summed E-state index contributed by atoms with van der Waals surface area (Å²) in [6.07, 6.45) is -13.8. The molecule has 1 saturated heterocycles. The minimum absolute atomic E-state index is 0.153. The molecule has 1 aliphatic heterocycles. The predicted molar refractivity (Wildman–Crippen MR) is 126 cm³/mol. The molecule has 0 unspecified atom stereocenters. The molecule has 4 rings (SSSR count). The van der Waals surface area contributed by atoms with Crippen molar-refractivity contribution >= 4 is 15.7 Å². The first kappa shape index (κ1) is 30.2. The van der Waals surface area contributed by atoms with E-state index in [0.717, 1.165) is 30.3 Å². The molecular formula is C26H25F8NO4S. The number of hydrogen-bond donors (Lipinski definition) is 1. The minimum atomic E-state index is -6.36. The van der Waals surface area contributed by atoms with Gasteiger partial charge in [0.1, 0.15) is 10.6 Å². The maximum atomic E-state index is 14.9. The molecule has 40 heavy (non-hydrogen) atoms. The minimum Gasteiger partial charge on any atom is -0.390 e. The van der Waals surface area contributed by atoms with Gasteiger partial charge in [0.2, 0.25) is 5.91 Å². The van der Waals surface area contributed by atoms with Gasteiger partial charge in [-0.25, -0.2) is 17.2 Å². The van der Waals surface area contributed by atoms with Crippen LogP contribution in [0.2, 0.25) is 0 Å². The highest BCUT2D eigenvalue weighted by Gasteiger charge is 2.73. The lowest BCUT2D eigenvalue weighted by atomic mass is 9.76. The molecule has 2 aromatic rings. The van der Waals surface area contributed by atoms with Gasteiger partial charge in [0, 0.05) is 12.1 Å². The number of carbonyl (C=O) groups excluding carboxylic acids is 1. The highest BCUT2D eigenvalue weighted by Crippen LogP contribution is 2.56. The van der Waals surface area contributed by atoms with Gasteiger partial charge >= 0.3 is 18.0 Å². The number of amides is 1. The molecule has 0 radical (unpaired) electrons. The van der Waals surface area contributed by atoms with E-state index in [1.54, 1.807) is 0 Å². The summed E-state index contributed by atoms with van der Waals surface area (Å²) in [5.74, 6) is -1.36. The van der Waals surface area contributed by atoms with Crippen molar-refractivity contribution in [2.75, 3.05) is 6.54 Å². The van der Waals surface area contributed by atoms with E-state index < -0.39 is 61.5 Å². The van der Waals surface area contributed by atoms with Crippen molar-refractivity contribution in [2.24, 2.45) is 0 Å². The van der Waals surface area contributed by atoms with Gasteiger partial charge in [0.15, 0.2) is 9.84 Å². The molecule has 5 nitrogen and oxygen atoms in total. The zero-order valence-corrected chi connectivity index (χ0v) is 22.0. The number of likely N-dealkylation sites (tertiary alicyclic amines) is 1. The van der Waals surface area contributed by atoms with Crippen LogP contribution in [0.25, 0.3) is 0 Å². The molecule has 2 aliphatic rings. The number of rotatable bonds is 5. The summed E-state index contributed by atoms with van der Waals surface area (Å²) in [5, 5.41) is 10.1. The number of halogens is 8. The molecule has 0 saturated carbocycles. The largest absolute Gasteiger partial charge is 0.435 e. The van der Waals surface area contributed by atoms with Crippen molar-refractivity contribution in [1.29, 1.82) is 0 Å². The Labute approximate surface area is 224 Å². The molecule has 0 aromatic heterocycles. The second-order valence-electron chi connectivity index (χ2n) is 10.8. The summed E-state index contributed by atoms with van der Waals surface area (Å²) in [4.78, 5) is 14.0. The van der Waals surface area contributed by atoms with Gasteiger partial charge in [-0.2, -0.15) is 26.3 Å². The van der Waals surface area contributed by atoms with Gasteiger partial charge in [-0.1, -0.05) is 18.2 Å². The third-order valence-electron chi connectivity index (χ3n) is 7.57. The average molecular weight is 600 g/mol. The highest BCUT2D eigenvalue weighted by atomic mass is 32.2. The summed E-state index contributed by atoms with van der Waals surface area (Å²) >= 11 is 0. The van der Waals surface area contributed by atoms with Crippen molar-refractivity contribution in [3.8, 4) is 0 Å². The summed E-state index contributed by atoms with van der Waals surface area (Å²) in [5.41, 5.74) is -9.32. The summed E-state index contributed by atoms with van der Waals surface area (Å²) in [7, 11) is -4.57. The molecule has 1 N–H and O–H groups in total. The van der Waals surface area contributed by atoms with E-state index in [1.165, 1.54) is 18.7 Å². The normalized spacial score (nSPS) is 22.2. The van der Waals surface area contributed by atoms with Gasteiger partial charge in [-0.3, -0.25) is 4.79 Å². The number of aliphatic hydroxyl groups is 1.